The molecule has 0 spiro atoms. The first-order chi connectivity index (χ1) is 8.19. The fourth-order valence-corrected chi connectivity index (χ4v) is 3.18. The molecule has 1 aliphatic rings. The third-order valence-corrected chi connectivity index (χ3v) is 3.72. The van der Waals surface area contributed by atoms with Crippen LogP contribution in [0.15, 0.2) is 28.7 Å². The maximum atomic E-state index is 6.09. The highest BCUT2D eigenvalue weighted by Crippen LogP contribution is 2.39. The van der Waals surface area contributed by atoms with Crippen molar-refractivity contribution in [1.82, 2.24) is 0 Å². The molecule has 2 rings (SSSR count). The van der Waals surface area contributed by atoms with Gasteiger partial charge in [-0.05, 0) is 69.5 Å². The number of ether oxygens (including phenoxy) is 1. The van der Waals surface area contributed by atoms with Gasteiger partial charge in [-0.15, -0.1) is 0 Å². The van der Waals surface area contributed by atoms with Crippen LogP contribution in [0.4, 0.5) is 0 Å². The molecule has 1 aliphatic heterocycles. The van der Waals surface area contributed by atoms with Gasteiger partial charge in [-0.1, -0.05) is 22.0 Å². The molecule has 0 radical (unpaired) electrons. The summed E-state index contributed by atoms with van der Waals surface area (Å²) in [5.41, 5.74) is 3.72. The van der Waals surface area contributed by atoms with E-state index in [9.17, 15) is 0 Å². The van der Waals surface area contributed by atoms with E-state index in [1.807, 2.05) is 0 Å². The Hall–Kier alpha value is -0.600. The van der Waals surface area contributed by atoms with Crippen LogP contribution in [0.5, 0.6) is 0 Å². The monoisotopic (exact) mass is 308 g/mol. The van der Waals surface area contributed by atoms with Gasteiger partial charge in [0.25, 0.3) is 0 Å². The number of hydrogen-bond acceptors (Lipinski definition) is 1. The largest absolute Gasteiger partial charge is 0.365 e. The van der Waals surface area contributed by atoms with E-state index in [1.165, 1.54) is 16.7 Å². The van der Waals surface area contributed by atoms with Crippen molar-refractivity contribution in [3.63, 3.8) is 0 Å². The van der Waals surface area contributed by atoms with Gasteiger partial charge in [-0.2, -0.15) is 0 Å². The smallest absolute Gasteiger partial charge is 0.0819 e. The molecule has 0 fully saturated rings. The topological polar surface area (TPSA) is 9.23 Å². The maximum absolute atomic E-state index is 6.09. The first kappa shape index (κ1) is 13.8. The Bertz CT molecular complexity index is 498. The van der Waals surface area contributed by atoms with E-state index in [-0.39, 0.29) is 11.2 Å². The normalized spacial score (nSPS) is 21.6. The Morgan fingerprint density at radius 3 is 2.44 bits per heavy atom. The van der Waals surface area contributed by atoms with E-state index < -0.39 is 0 Å². The van der Waals surface area contributed by atoms with Crippen LogP contribution >= 0.6 is 15.9 Å². The van der Waals surface area contributed by atoms with Gasteiger partial charge in [-0.3, -0.25) is 0 Å². The van der Waals surface area contributed by atoms with E-state index >= 15 is 0 Å². The zero-order valence-corrected chi connectivity index (χ0v) is 13.4. The predicted octanol–water partition coefficient (Wildman–Crippen LogP) is 5.12. The standard InChI is InChI=1S/C16H21BrO/c1-11-6-7-13(17)8-14(11)12-9-15(2,3)18-16(4,5)10-12/h6-9H,10H2,1-5H3. The number of benzene rings is 1. The summed E-state index contributed by atoms with van der Waals surface area (Å²) in [4.78, 5) is 0. The first-order valence-electron chi connectivity index (χ1n) is 6.37. The van der Waals surface area contributed by atoms with Crippen LogP contribution in [0.3, 0.4) is 0 Å². The molecule has 0 atom stereocenters. The Labute approximate surface area is 118 Å². The minimum absolute atomic E-state index is 0.109. The Morgan fingerprint density at radius 1 is 1.17 bits per heavy atom. The summed E-state index contributed by atoms with van der Waals surface area (Å²) < 4.78 is 7.23. The van der Waals surface area contributed by atoms with Crippen molar-refractivity contribution < 1.29 is 4.74 Å². The predicted molar refractivity (Wildman–Crippen MR) is 80.7 cm³/mol. The molecule has 18 heavy (non-hydrogen) atoms. The van der Waals surface area contributed by atoms with E-state index in [0.29, 0.717) is 0 Å². The molecule has 1 heterocycles. The lowest BCUT2D eigenvalue weighted by atomic mass is 9.84. The molecule has 0 amide bonds. The second kappa shape index (κ2) is 4.50. The van der Waals surface area contributed by atoms with E-state index in [2.05, 4.69) is 74.8 Å². The molecular formula is C16H21BrO. The van der Waals surface area contributed by atoms with Crippen LogP contribution in [0.25, 0.3) is 5.57 Å². The summed E-state index contributed by atoms with van der Waals surface area (Å²) in [6.07, 6.45) is 3.21. The molecule has 1 aromatic carbocycles. The van der Waals surface area contributed by atoms with Gasteiger partial charge in [0.2, 0.25) is 0 Å². The Kier molecular flexibility index (Phi) is 3.46. The van der Waals surface area contributed by atoms with Crippen LogP contribution in [0.2, 0.25) is 0 Å². The summed E-state index contributed by atoms with van der Waals surface area (Å²) in [6.45, 7) is 10.7. The molecule has 0 aromatic heterocycles. The van der Waals surface area contributed by atoms with Crippen molar-refractivity contribution in [2.75, 3.05) is 0 Å². The van der Waals surface area contributed by atoms with Crippen molar-refractivity contribution in [3.05, 3.63) is 39.9 Å². The number of rotatable bonds is 1. The van der Waals surface area contributed by atoms with Gasteiger partial charge in [-0.25, -0.2) is 0 Å². The van der Waals surface area contributed by atoms with E-state index in [0.717, 1.165) is 10.9 Å². The molecule has 0 saturated heterocycles. The van der Waals surface area contributed by atoms with Gasteiger partial charge in [0.1, 0.15) is 0 Å². The first-order valence-corrected chi connectivity index (χ1v) is 7.16. The van der Waals surface area contributed by atoms with Gasteiger partial charge < -0.3 is 4.74 Å². The number of aryl methyl sites for hydroxylation is 1. The summed E-state index contributed by atoms with van der Waals surface area (Å²) in [5.74, 6) is 0. The highest BCUT2D eigenvalue weighted by atomic mass is 79.9. The summed E-state index contributed by atoms with van der Waals surface area (Å²) in [5, 5.41) is 0. The zero-order valence-electron chi connectivity index (χ0n) is 11.8. The fourth-order valence-electron chi connectivity index (χ4n) is 2.82. The molecule has 1 nitrogen and oxygen atoms in total. The van der Waals surface area contributed by atoms with Crippen LogP contribution < -0.4 is 0 Å². The van der Waals surface area contributed by atoms with Crippen LogP contribution in [-0.2, 0) is 4.74 Å². The van der Waals surface area contributed by atoms with Crippen LogP contribution in [0, 0.1) is 6.92 Å². The lowest BCUT2D eigenvalue weighted by Gasteiger charge is -2.40. The average molecular weight is 309 g/mol. The SMILES string of the molecule is Cc1ccc(Br)cc1C1=CC(C)(C)OC(C)(C)C1. The lowest BCUT2D eigenvalue weighted by Crippen LogP contribution is -2.39. The molecule has 0 aliphatic carbocycles. The van der Waals surface area contributed by atoms with Crippen LogP contribution in [-0.4, -0.2) is 11.2 Å². The minimum Gasteiger partial charge on any atom is -0.365 e. The molecule has 1 aromatic rings. The van der Waals surface area contributed by atoms with Gasteiger partial charge in [0.05, 0.1) is 11.2 Å². The molecular weight excluding hydrogens is 288 g/mol. The maximum Gasteiger partial charge on any atom is 0.0819 e. The second-order valence-electron chi connectivity index (χ2n) is 6.27. The van der Waals surface area contributed by atoms with Crippen LogP contribution in [0.1, 0.15) is 45.2 Å². The lowest BCUT2D eigenvalue weighted by molar-refractivity contribution is -0.100. The summed E-state index contributed by atoms with van der Waals surface area (Å²) in [7, 11) is 0. The van der Waals surface area contributed by atoms with Crippen molar-refractivity contribution in [3.8, 4) is 0 Å². The molecule has 0 saturated carbocycles. The highest BCUT2D eigenvalue weighted by molar-refractivity contribution is 9.10. The highest BCUT2D eigenvalue weighted by Gasteiger charge is 2.34. The third kappa shape index (κ3) is 3.04. The van der Waals surface area contributed by atoms with E-state index in [1.54, 1.807) is 0 Å². The van der Waals surface area contributed by atoms with Crippen molar-refractivity contribution in [2.45, 2.75) is 52.2 Å². The molecule has 0 unspecified atom stereocenters. The Morgan fingerprint density at radius 2 is 1.83 bits per heavy atom. The second-order valence-corrected chi connectivity index (χ2v) is 7.19. The average Bonchev–Trinajstić information content (AvgIpc) is 2.17. The van der Waals surface area contributed by atoms with Gasteiger partial charge in [0.15, 0.2) is 0 Å². The fraction of sp³-hybridized carbons (Fsp3) is 0.500. The van der Waals surface area contributed by atoms with Gasteiger partial charge >= 0.3 is 0 Å². The summed E-state index contributed by atoms with van der Waals surface area (Å²) in [6, 6.07) is 6.46. The molecule has 0 bridgehead atoms. The molecule has 0 N–H and O–H groups in total. The Balaban J connectivity index is 2.50. The minimum atomic E-state index is -0.203. The third-order valence-electron chi connectivity index (χ3n) is 3.22. The molecule has 2 heteroatoms. The zero-order chi connectivity index (χ0) is 13.6. The van der Waals surface area contributed by atoms with Crippen molar-refractivity contribution in [1.29, 1.82) is 0 Å². The number of hydrogen-bond donors (Lipinski definition) is 0. The quantitative estimate of drug-likeness (QED) is 0.700. The molecule has 98 valence electrons. The van der Waals surface area contributed by atoms with E-state index in [4.69, 9.17) is 4.74 Å². The van der Waals surface area contributed by atoms with Gasteiger partial charge in [0, 0.05) is 10.9 Å². The number of halogens is 1. The van der Waals surface area contributed by atoms with Crippen molar-refractivity contribution in [2.24, 2.45) is 0 Å². The van der Waals surface area contributed by atoms with Crippen molar-refractivity contribution >= 4 is 21.5 Å². The summed E-state index contributed by atoms with van der Waals surface area (Å²) >= 11 is 3.56.